The normalized spacial score (nSPS) is 11.7. The lowest BCUT2D eigenvalue weighted by atomic mass is 10.2. The van der Waals surface area contributed by atoms with Gasteiger partial charge in [-0.2, -0.15) is 0 Å². The largest absolute Gasteiger partial charge is 0.396 e. The van der Waals surface area contributed by atoms with E-state index in [4.69, 9.17) is 5.73 Å². The van der Waals surface area contributed by atoms with E-state index in [9.17, 15) is 18.0 Å². The van der Waals surface area contributed by atoms with Crippen LogP contribution in [0.2, 0.25) is 0 Å². The molecule has 0 aliphatic heterocycles. The highest BCUT2D eigenvalue weighted by molar-refractivity contribution is 7.89. The molecule has 0 radical (unpaired) electrons. The summed E-state index contributed by atoms with van der Waals surface area (Å²) >= 11 is 0. The van der Waals surface area contributed by atoms with Gasteiger partial charge < -0.3 is 11.1 Å². The molecular weight excluding hydrogens is 370 g/mol. The highest BCUT2D eigenvalue weighted by Crippen LogP contribution is 2.28. The summed E-state index contributed by atoms with van der Waals surface area (Å²) in [5.74, 6) is -0.739. The number of nitrogens with zero attached hydrogens (tertiary/aromatic N) is 3. The molecule has 3 aromatic rings. The number of aromatic nitrogens is 2. The van der Waals surface area contributed by atoms with E-state index in [0.717, 1.165) is 4.31 Å². The number of pyridine rings is 1. The molecule has 0 saturated carbocycles. The van der Waals surface area contributed by atoms with Crippen LogP contribution in [-0.4, -0.2) is 42.1 Å². The average molecular weight is 387 g/mol. The highest BCUT2D eigenvalue weighted by Gasteiger charge is 2.23. The Morgan fingerprint density at radius 2 is 1.93 bits per heavy atom. The lowest BCUT2D eigenvalue weighted by Crippen LogP contribution is -2.27. The van der Waals surface area contributed by atoms with Crippen molar-refractivity contribution in [3.63, 3.8) is 0 Å². The lowest BCUT2D eigenvalue weighted by Gasteiger charge is -2.16. The Morgan fingerprint density at radius 1 is 1.19 bits per heavy atom. The minimum Gasteiger partial charge on any atom is -0.396 e. The Kier molecular flexibility index (Phi) is 4.68. The molecular formula is C17H17N5O4S. The van der Waals surface area contributed by atoms with E-state index in [1.165, 1.54) is 49.1 Å². The van der Waals surface area contributed by atoms with E-state index in [1.54, 1.807) is 18.2 Å². The molecule has 9 nitrogen and oxygen atoms in total. The molecule has 0 spiro atoms. The number of nitrogen functional groups attached to an aromatic ring is 1. The van der Waals surface area contributed by atoms with Gasteiger partial charge in [0.05, 0.1) is 11.4 Å². The average Bonchev–Trinajstić information content (AvgIpc) is 2.63. The van der Waals surface area contributed by atoms with Crippen LogP contribution in [0.4, 0.5) is 11.4 Å². The maximum Gasteiger partial charge on any atom is 0.270 e. The molecule has 3 rings (SSSR count). The van der Waals surface area contributed by atoms with Gasteiger partial charge in [0.1, 0.15) is 16.1 Å². The van der Waals surface area contributed by atoms with Crippen LogP contribution in [0.3, 0.4) is 0 Å². The van der Waals surface area contributed by atoms with Gasteiger partial charge in [0.2, 0.25) is 10.0 Å². The fourth-order valence-corrected chi connectivity index (χ4v) is 3.48. The molecule has 2 aromatic heterocycles. The van der Waals surface area contributed by atoms with Gasteiger partial charge in [0, 0.05) is 26.5 Å². The fraction of sp³-hybridized carbons (Fsp3) is 0.118. The van der Waals surface area contributed by atoms with Crippen LogP contribution in [0.25, 0.3) is 5.65 Å². The van der Waals surface area contributed by atoms with Gasteiger partial charge in [-0.1, -0.05) is 12.1 Å². The molecule has 0 aliphatic rings. The minimum atomic E-state index is -3.79. The molecule has 0 saturated heterocycles. The topological polar surface area (TPSA) is 127 Å². The first-order valence-corrected chi connectivity index (χ1v) is 9.26. The molecule has 0 unspecified atom stereocenters. The number of nitrogens with two attached hydrogens (primary N) is 1. The second-order valence-corrected chi connectivity index (χ2v) is 7.99. The molecule has 10 heteroatoms. The molecule has 2 heterocycles. The van der Waals surface area contributed by atoms with E-state index in [2.05, 4.69) is 10.3 Å². The zero-order valence-corrected chi connectivity index (χ0v) is 15.4. The number of amides is 1. The van der Waals surface area contributed by atoms with Crippen LogP contribution >= 0.6 is 0 Å². The number of benzene rings is 1. The number of hydrogen-bond acceptors (Lipinski definition) is 6. The molecule has 0 aliphatic carbocycles. The van der Waals surface area contributed by atoms with Gasteiger partial charge in [-0.15, -0.1) is 0 Å². The summed E-state index contributed by atoms with van der Waals surface area (Å²) in [5.41, 5.74) is 5.57. The maximum absolute atomic E-state index is 12.5. The Hall–Kier alpha value is -3.24. The zero-order valence-electron chi connectivity index (χ0n) is 14.6. The smallest absolute Gasteiger partial charge is 0.270 e. The quantitative estimate of drug-likeness (QED) is 0.637. The second kappa shape index (κ2) is 6.82. The fourth-order valence-electron chi connectivity index (χ4n) is 2.45. The third-order valence-electron chi connectivity index (χ3n) is 3.93. The molecule has 0 atom stereocenters. The van der Waals surface area contributed by atoms with Crippen molar-refractivity contribution >= 4 is 33.0 Å². The second-order valence-electron chi connectivity index (χ2n) is 5.86. The monoisotopic (exact) mass is 387 g/mol. The number of para-hydroxylation sites is 1. The predicted octanol–water partition coefficient (Wildman–Crippen LogP) is 0.779. The standard InChI is InChI=1S/C17H17N5O4S/c1-21(2)27(25,26)13-7-5-6-12(15(13)18)20-16(23)11-10-19-14-8-3-4-9-22(14)17(11)24/h3-10H,18H2,1-2H3,(H,20,23). The van der Waals surface area contributed by atoms with Crippen molar-refractivity contribution in [2.24, 2.45) is 0 Å². The summed E-state index contributed by atoms with van der Waals surface area (Å²) in [5, 5.41) is 2.48. The molecule has 1 aromatic carbocycles. The van der Waals surface area contributed by atoms with Crippen molar-refractivity contribution < 1.29 is 13.2 Å². The van der Waals surface area contributed by atoms with E-state index in [-0.39, 0.29) is 21.8 Å². The SMILES string of the molecule is CN(C)S(=O)(=O)c1cccc(NC(=O)c2cnc3ccccn3c2=O)c1N. The molecule has 1 amide bonds. The van der Waals surface area contributed by atoms with Crippen LogP contribution < -0.4 is 16.6 Å². The van der Waals surface area contributed by atoms with Gasteiger partial charge in [-0.25, -0.2) is 17.7 Å². The summed E-state index contributed by atoms with van der Waals surface area (Å²) in [7, 11) is -1.04. The first-order valence-electron chi connectivity index (χ1n) is 7.82. The molecule has 140 valence electrons. The number of anilines is 2. The number of rotatable bonds is 4. The van der Waals surface area contributed by atoms with E-state index < -0.39 is 21.5 Å². The van der Waals surface area contributed by atoms with Crippen LogP contribution in [0.5, 0.6) is 0 Å². The molecule has 0 bridgehead atoms. The van der Waals surface area contributed by atoms with Crippen molar-refractivity contribution in [3.05, 3.63) is 64.7 Å². The summed E-state index contributed by atoms with van der Waals surface area (Å²) in [6, 6.07) is 9.25. The number of hydrogen-bond donors (Lipinski definition) is 2. The van der Waals surface area contributed by atoms with Crippen molar-refractivity contribution in [1.82, 2.24) is 13.7 Å². The Labute approximate surface area is 155 Å². The Balaban J connectivity index is 2.01. The number of carbonyl (C=O) groups is 1. The van der Waals surface area contributed by atoms with E-state index in [1.807, 2.05) is 0 Å². The van der Waals surface area contributed by atoms with Crippen molar-refractivity contribution in [3.8, 4) is 0 Å². The number of nitrogens with one attached hydrogen (secondary N) is 1. The summed E-state index contributed by atoms with van der Waals surface area (Å²) in [6.07, 6.45) is 2.67. The van der Waals surface area contributed by atoms with Crippen molar-refractivity contribution in [2.75, 3.05) is 25.1 Å². The van der Waals surface area contributed by atoms with Gasteiger partial charge in [-0.3, -0.25) is 14.0 Å². The van der Waals surface area contributed by atoms with Crippen LogP contribution in [0.1, 0.15) is 10.4 Å². The molecule has 3 N–H and O–H groups in total. The highest BCUT2D eigenvalue weighted by atomic mass is 32.2. The van der Waals surface area contributed by atoms with Crippen LogP contribution in [0.15, 0.2) is 58.5 Å². The Morgan fingerprint density at radius 3 is 2.63 bits per heavy atom. The van der Waals surface area contributed by atoms with E-state index in [0.29, 0.717) is 5.65 Å². The number of sulfonamides is 1. The van der Waals surface area contributed by atoms with Crippen LogP contribution in [0, 0.1) is 0 Å². The molecule has 0 fully saturated rings. The molecule has 27 heavy (non-hydrogen) atoms. The number of fused-ring (bicyclic) bond motifs is 1. The first kappa shape index (κ1) is 18.5. The van der Waals surface area contributed by atoms with Crippen molar-refractivity contribution in [1.29, 1.82) is 0 Å². The van der Waals surface area contributed by atoms with Gasteiger partial charge >= 0.3 is 0 Å². The van der Waals surface area contributed by atoms with E-state index >= 15 is 0 Å². The zero-order chi connectivity index (χ0) is 19.8. The minimum absolute atomic E-state index is 0.0838. The lowest BCUT2D eigenvalue weighted by molar-refractivity contribution is 0.102. The number of carbonyl (C=O) groups excluding carboxylic acids is 1. The van der Waals surface area contributed by atoms with Gasteiger partial charge in [0.15, 0.2) is 0 Å². The van der Waals surface area contributed by atoms with Gasteiger partial charge in [-0.05, 0) is 24.3 Å². The maximum atomic E-state index is 12.5. The van der Waals surface area contributed by atoms with Crippen molar-refractivity contribution in [2.45, 2.75) is 4.90 Å². The van der Waals surface area contributed by atoms with Gasteiger partial charge in [0.25, 0.3) is 11.5 Å². The Bertz CT molecular complexity index is 1200. The summed E-state index contributed by atoms with van der Waals surface area (Å²) < 4.78 is 26.9. The predicted molar refractivity (Wildman–Crippen MR) is 101 cm³/mol. The first-order chi connectivity index (χ1) is 12.7. The summed E-state index contributed by atoms with van der Waals surface area (Å²) in [4.78, 5) is 29.0. The van der Waals surface area contributed by atoms with Crippen LogP contribution in [-0.2, 0) is 10.0 Å². The third kappa shape index (κ3) is 3.27. The third-order valence-corrected chi connectivity index (χ3v) is 5.80. The summed E-state index contributed by atoms with van der Waals surface area (Å²) in [6.45, 7) is 0.